The van der Waals surface area contributed by atoms with Gasteiger partial charge in [0, 0.05) is 0 Å². The molecule has 0 fully saturated rings. The third-order valence-corrected chi connectivity index (χ3v) is 11.3. The summed E-state index contributed by atoms with van der Waals surface area (Å²) in [6.07, 6.45) is 9.11. The third kappa shape index (κ3) is 5.97. The van der Waals surface area contributed by atoms with Crippen molar-refractivity contribution in [1.82, 2.24) is 18.3 Å². The van der Waals surface area contributed by atoms with Crippen molar-refractivity contribution in [3.05, 3.63) is 148 Å². The first-order chi connectivity index (χ1) is 22.2. The zero-order chi connectivity index (χ0) is 33.9. The van der Waals surface area contributed by atoms with E-state index < -0.39 is 0 Å². The molecule has 47 heavy (non-hydrogen) atoms. The van der Waals surface area contributed by atoms with Crippen molar-refractivity contribution >= 4 is 0 Å². The summed E-state index contributed by atoms with van der Waals surface area (Å²) in [6.45, 7) is 26.8. The molecule has 0 spiro atoms. The van der Waals surface area contributed by atoms with Gasteiger partial charge >= 0.3 is 289 Å². The summed E-state index contributed by atoms with van der Waals surface area (Å²) in [4.78, 5) is 0. The first-order valence-corrected chi connectivity index (χ1v) is 18.0. The number of benzene rings is 4. The second-order valence-corrected chi connectivity index (χ2v) is 15.4. The van der Waals surface area contributed by atoms with E-state index in [9.17, 15) is 0 Å². The molecule has 0 unspecified atom stereocenters. The summed E-state index contributed by atoms with van der Waals surface area (Å²) in [5, 5.41) is 0. The maximum absolute atomic E-state index is 2.46. The molecule has 0 N–H and O–H groups in total. The van der Waals surface area contributed by atoms with E-state index in [0.29, 0.717) is 0 Å². The molecule has 6 aromatic rings. The van der Waals surface area contributed by atoms with Crippen LogP contribution in [0.1, 0.15) is 66.8 Å². The summed E-state index contributed by atoms with van der Waals surface area (Å²) < 4.78 is 12.4. The molecule has 0 saturated heterocycles. The zero-order valence-corrected chi connectivity index (χ0v) is 31.6. The molecule has 4 aromatic carbocycles. The summed E-state index contributed by atoms with van der Waals surface area (Å²) >= 11 is 0.0368. The number of rotatable bonds is 4. The number of hydrogen-bond acceptors (Lipinski definition) is 0. The zero-order valence-electron chi connectivity index (χ0n) is 30.0. The van der Waals surface area contributed by atoms with Gasteiger partial charge in [-0.05, 0) is 0 Å². The van der Waals surface area contributed by atoms with E-state index in [0.717, 1.165) is 0 Å². The molecule has 6 rings (SSSR count). The normalized spacial score (nSPS) is 11.6. The van der Waals surface area contributed by atoms with Crippen molar-refractivity contribution in [3.63, 3.8) is 0 Å². The quantitative estimate of drug-likeness (QED) is 0.162. The fourth-order valence-electron chi connectivity index (χ4n) is 7.79. The summed E-state index contributed by atoms with van der Waals surface area (Å²) in [6, 6.07) is 18.5. The average molecular weight is 715 g/mol. The first-order valence-electron chi connectivity index (χ1n) is 16.4. The second-order valence-electron chi connectivity index (χ2n) is 13.6. The Hall–Kier alpha value is -4.04. The molecule has 2 aromatic heterocycles. The Balaban J connectivity index is 1.91. The molecular formula is C42H48N4Pd. The Kier molecular flexibility index (Phi) is 8.77. The SMILES string of the molecule is Cc1cc(C)c(-n2ccn(-c3c(C)cc(C)cc3C)[c]2=[Pd]=[c]2n(-c3c(C)cc(C)cc3C)ccn2-c2c(C)cc(C)cc2C)c(C)c1. The van der Waals surface area contributed by atoms with Crippen LogP contribution in [0.2, 0.25) is 0 Å². The molecule has 246 valence electrons. The van der Waals surface area contributed by atoms with Crippen LogP contribution in [-0.4, -0.2) is 18.3 Å². The van der Waals surface area contributed by atoms with Gasteiger partial charge in [0.15, 0.2) is 0 Å². The fraction of sp³-hybridized carbons (Fsp3) is 0.286. The molecule has 0 bridgehead atoms. The van der Waals surface area contributed by atoms with Gasteiger partial charge in [0.25, 0.3) is 0 Å². The molecule has 0 radical (unpaired) electrons. The van der Waals surface area contributed by atoms with E-state index in [1.807, 2.05) is 0 Å². The number of hydrogen-bond donors (Lipinski definition) is 0. The van der Waals surface area contributed by atoms with Crippen LogP contribution in [0.3, 0.4) is 0 Å². The van der Waals surface area contributed by atoms with Crippen LogP contribution in [0.15, 0.2) is 73.3 Å². The molecular weight excluding hydrogens is 667 g/mol. The predicted molar refractivity (Wildman–Crippen MR) is 194 cm³/mol. The van der Waals surface area contributed by atoms with Gasteiger partial charge in [0.1, 0.15) is 0 Å². The van der Waals surface area contributed by atoms with Crippen molar-refractivity contribution < 1.29 is 17.1 Å². The van der Waals surface area contributed by atoms with E-state index in [1.165, 1.54) is 97.3 Å². The Morgan fingerprint density at radius 1 is 0.298 bits per heavy atom. The molecule has 0 amide bonds. The number of imidazole rings is 2. The minimum absolute atomic E-state index is 0.0368. The summed E-state index contributed by atoms with van der Waals surface area (Å²) in [5.74, 6) is 0. The van der Waals surface area contributed by atoms with E-state index in [-0.39, 0.29) is 17.1 Å². The monoisotopic (exact) mass is 714 g/mol. The molecule has 0 atom stereocenters. The molecule has 4 nitrogen and oxygen atoms in total. The van der Waals surface area contributed by atoms with Crippen LogP contribution in [0.25, 0.3) is 22.7 Å². The van der Waals surface area contributed by atoms with Crippen molar-refractivity contribution in [2.75, 3.05) is 0 Å². The van der Waals surface area contributed by atoms with Gasteiger partial charge in [-0.3, -0.25) is 0 Å². The predicted octanol–water partition coefficient (Wildman–Crippen LogP) is 10.4. The Labute approximate surface area is 287 Å². The Bertz CT molecular complexity index is 1950. The average Bonchev–Trinajstić information content (AvgIpc) is 3.51. The number of aromatic nitrogens is 4. The first kappa shape index (κ1) is 32.9. The van der Waals surface area contributed by atoms with Gasteiger partial charge in [-0.15, -0.1) is 0 Å². The third-order valence-electron chi connectivity index (χ3n) is 9.11. The number of nitrogens with zero attached hydrogens (tertiary/aromatic N) is 4. The molecule has 0 aliphatic heterocycles. The van der Waals surface area contributed by atoms with Crippen molar-refractivity contribution in [2.45, 2.75) is 83.1 Å². The summed E-state index contributed by atoms with van der Waals surface area (Å²) in [7, 11) is 0. The van der Waals surface area contributed by atoms with Gasteiger partial charge in [0.05, 0.1) is 0 Å². The van der Waals surface area contributed by atoms with E-state index in [4.69, 9.17) is 0 Å². The van der Waals surface area contributed by atoms with Crippen LogP contribution in [0, 0.1) is 90.9 Å². The van der Waals surface area contributed by atoms with Gasteiger partial charge in [-0.2, -0.15) is 0 Å². The molecule has 0 aliphatic rings. The van der Waals surface area contributed by atoms with Crippen LogP contribution < -0.4 is 0 Å². The van der Waals surface area contributed by atoms with Crippen molar-refractivity contribution in [1.29, 1.82) is 0 Å². The molecule has 2 heterocycles. The van der Waals surface area contributed by atoms with Crippen LogP contribution in [0.5, 0.6) is 0 Å². The van der Waals surface area contributed by atoms with E-state index in [2.05, 4.69) is 175 Å². The summed E-state index contributed by atoms with van der Waals surface area (Å²) in [5.41, 5.74) is 20.5. The van der Waals surface area contributed by atoms with E-state index in [1.54, 1.807) is 0 Å². The van der Waals surface area contributed by atoms with Gasteiger partial charge in [0.2, 0.25) is 0 Å². The number of aryl methyl sites for hydroxylation is 12. The van der Waals surface area contributed by atoms with Gasteiger partial charge < -0.3 is 0 Å². The van der Waals surface area contributed by atoms with Crippen molar-refractivity contribution in [2.24, 2.45) is 0 Å². The molecule has 0 aliphatic carbocycles. The van der Waals surface area contributed by atoms with Crippen molar-refractivity contribution in [3.8, 4) is 22.7 Å². The van der Waals surface area contributed by atoms with Crippen LogP contribution in [-0.2, 0) is 17.1 Å². The Morgan fingerprint density at radius 3 is 0.638 bits per heavy atom. The van der Waals surface area contributed by atoms with Crippen LogP contribution in [0.4, 0.5) is 0 Å². The van der Waals surface area contributed by atoms with E-state index >= 15 is 0 Å². The maximum atomic E-state index is 2.46. The van der Waals surface area contributed by atoms with Gasteiger partial charge in [-0.25, -0.2) is 0 Å². The minimum atomic E-state index is 0.0368. The fourth-order valence-corrected chi connectivity index (χ4v) is 10.0. The topological polar surface area (TPSA) is 19.7 Å². The molecule has 5 heteroatoms. The second kappa shape index (κ2) is 12.5. The standard InChI is InChI=1S/2C21H24N2.Pd/c2*1-14-9-16(3)20(17(4)10-14)22-7-8-23(13-22)21-18(5)11-15(2)12-19(21)6;/h2*7-12H,1-6H3;. The van der Waals surface area contributed by atoms with Gasteiger partial charge in [-0.1, -0.05) is 0 Å². The van der Waals surface area contributed by atoms with Crippen LogP contribution >= 0.6 is 0 Å². The Morgan fingerprint density at radius 2 is 0.468 bits per heavy atom. The molecule has 0 saturated carbocycles.